The van der Waals surface area contributed by atoms with Gasteiger partial charge < -0.3 is 0 Å². The second-order valence-corrected chi connectivity index (χ2v) is 10.3. The fourth-order valence-electron chi connectivity index (χ4n) is 1.16. The first-order chi connectivity index (χ1) is 11.2. The van der Waals surface area contributed by atoms with Crippen LogP contribution in [0.5, 0.6) is 0 Å². The van der Waals surface area contributed by atoms with Crippen LogP contribution in [-0.4, -0.2) is 54.9 Å². The van der Waals surface area contributed by atoms with E-state index in [4.69, 9.17) is 0 Å². The predicted molar refractivity (Wildman–Crippen MR) is 106 cm³/mol. The van der Waals surface area contributed by atoms with Gasteiger partial charge in [-0.2, -0.15) is 29.9 Å². The molecule has 0 unspecified atom stereocenters. The van der Waals surface area contributed by atoms with Gasteiger partial charge in [-0.25, -0.2) is 0 Å². The maximum absolute atomic E-state index is 4.39. The molecule has 2 aromatic rings. The molecule has 6 nitrogen and oxygen atoms in total. The summed E-state index contributed by atoms with van der Waals surface area (Å²) in [5.41, 5.74) is 0. The monoisotopic (exact) mass is 440 g/mol. The molecule has 0 spiro atoms. The number of nitrogens with zero attached hydrogens (tertiary/aromatic N) is 6. The fraction of sp³-hybridized carbons (Fsp3) is 0.400. The second-order valence-electron chi connectivity index (χ2n) is 3.42. The molecule has 2 rings (SSSR count). The molecule has 0 saturated carbocycles. The van der Waals surface area contributed by atoms with Gasteiger partial charge >= 0.3 is 0 Å². The van der Waals surface area contributed by atoms with Crippen molar-refractivity contribution in [1.29, 1.82) is 0 Å². The smallest absolute Gasteiger partial charge is 0.196 e. The SMILES string of the molecule is CSc1nc(SC)nc(SSSc2nc(SC)nc(SC)n2)n1. The standard InChI is InChI=1S/C10H12N6S7/c1-17-5-11-6(18-2)14-9(13-5)21-23-22-10-15-7(19-3)12-8(16-10)20-4/h1-4H3. The highest BCUT2D eigenvalue weighted by atomic mass is 33.5. The molecule has 0 bridgehead atoms. The molecule has 13 heteroatoms. The van der Waals surface area contributed by atoms with Crippen LogP contribution < -0.4 is 0 Å². The van der Waals surface area contributed by atoms with E-state index in [1.807, 2.05) is 25.0 Å². The minimum absolute atomic E-state index is 0.690. The number of rotatable bonds is 8. The van der Waals surface area contributed by atoms with Gasteiger partial charge in [-0.05, 0) is 56.4 Å². The van der Waals surface area contributed by atoms with Crippen LogP contribution in [0.15, 0.2) is 30.9 Å². The van der Waals surface area contributed by atoms with Crippen molar-refractivity contribution in [3.63, 3.8) is 0 Å². The van der Waals surface area contributed by atoms with Gasteiger partial charge in [0.25, 0.3) is 0 Å². The molecule has 0 atom stereocenters. The Morgan fingerprint density at radius 3 is 0.957 bits per heavy atom. The Labute approximate surface area is 163 Å². The lowest BCUT2D eigenvalue weighted by Gasteiger charge is -2.04. The Kier molecular flexibility index (Phi) is 9.00. The molecule has 0 aromatic carbocycles. The Morgan fingerprint density at radius 2 is 0.696 bits per heavy atom. The molecule has 0 amide bonds. The Morgan fingerprint density at radius 1 is 0.435 bits per heavy atom. The predicted octanol–water partition coefficient (Wildman–Crippen LogP) is 4.39. The quantitative estimate of drug-likeness (QED) is 0.430. The number of hydrogen-bond donors (Lipinski definition) is 0. The van der Waals surface area contributed by atoms with E-state index in [0.29, 0.717) is 10.3 Å². The Bertz CT molecular complexity index is 558. The molecule has 23 heavy (non-hydrogen) atoms. The molecular formula is C10H12N6S7. The van der Waals surface area contributed by atoms with Crippen molar-refractivity contribution < 1.29 is 0 Å². The third-order valence-corrected chi connectivity index (χ3v) is 7.61. The molecule has 124 valence electrons. The number of thioether (sulfide) groups is 4. The van der Waals surface area contributed by atoms with E-state index in [1.165, 1.54) is 78.5 Å². The molecule has 0 fully saturated rings. The minimum atomic E-state index is 0.690. The molecule has 0 aliphatic rings. The zero-order chi connectivity index (χ0) is 16.7. The van der Waals surface area contributed by atoms with Gasteiger partial charge in [0.15, 0.2) is 20.6 Å². The van der Waals surface area contributed by atoms with Crippen molar-refractivity contribution in [2.24, 2.45) is 0 Å². The maximum atomic E-state index is 4.39. The third-order valence-electron chi connectivity index (χ3n) is 2.10. The molecule has 0 aliphatic heterocycles. The van der Waals surface area contributed by atoms with Crippen LogP contribution in [0.3, 0.4) is 0 Å². The van der Waals surface area contributed by atoms with Crippen LogP contribution >= 0.6 is 78.5 Å². The summed E-state index contributed by atoms with van der Waals surface area (Å²) in [6.07, 6.45) is 7.81. The third kappa shape index (κ3) is 6.36. The first kappa shape index (κ1) is 19.8. The normalized spacial score (nSPS) is 11.0. The highest BCUT2D eigenvalue weighted by molar-refractivity contribution is 9.09. The van der Waals surface area contributed by atoms with Crippen molar-refractivity contribution in [2.75, 3.05) is 25.0 Å². The summed E-state index contributed by atoms with van der Waals surface area (Å²) in [5.74, 6) is 0. The van der Waals surface area contributed by atoms with E-state index < -0.39 is 0 Å². The summed E-state index contributed by atoms with van der Waals surface area (Å²) in [7, 11) is 4.48. The Hall–Kier alpha value is 0.470. The van der Waals surface area contributed by atoms with E-state index in [-0.39, 0.29) is 0 Å². The van der Waals surface area contributed by atoms with Gasteiger partial charge in [-0.1, -0.05) is 47.0 Å². The summed E-state index contributed by atoms with van der Waals surface area (Å²) in [6.45, 7) is 0. The van der Waals surface area contributed by atoms with Crippen LogP contribution in [0, 0.1) is 0 Å². The zero-order valence-electron chi connectivity index (χ0n) is 12.5. The summed E-state index contributed by atoms with van der Waals surface area (Å²) in [4.78, 5) is 26.2. The highest BCUT2D eigenvalue weighted by Crippen LogP contribution is 2.42. The van der Waals surface area contributed by atoms with E-state index in [2.05, 4.69) is 29.9 Å². The van der Waals surface area contributed by atoms with Crippen LogP contribution in [0.25, 0.3) is 0 Å². The van der Waals surface area contributed by atoms with Crippen molar-refractivity contribution in [3.05, 3.63) is 0 Å². The average molecular weight is 441 g/mol. The van der Waals surface area contributed by atoms with Crippen molar-refractivity contribution >= 4 is 78.5 Å². The first-order valence-electron chi connectivity index (χ1n) is 5.87. The van der Waals surface area contributed by atoms with E-state index in [9.17, 15) is 0 Å². The molecule has 2 aromatic heterocycles. The lowest BCUT2D eigenvalue weighted by Crippen LogP contribution is -1.95. The molecule has 2 heterocycles. The molecule has 0 saturated heterocycles. The zero-order valence-corrected chi connectivity index (χ0v) is 18.3. The van der Waals surface area contributed by atoms with Crippen LogP contribution in [0.4, 0.5) is 0 Å². The van der Waals surface area contributed by atoms with E-state index in [0.717, 1.165) is 20.6 Å². The number of aromatic nitrogens is 6. The van der Waals surface area contributed by atoms with E-state index >= 15 is 0 Å². The summed E-state index contributed by atoms with van der Waals surface area (Å²) in [6, 6.07) is 0. The summed E-state index contributed by atoms with van der Waals surface area (Å²) < 4.78 is 0. The van der Waals surface area contributed by atoms with Gasteiger partial charge in [0, 0.05) is 0 Å². The maximum Gasteiger partial charge on any atom is 0.204 e. The van der Waals surface area contributed by atoms with Gasteiger partial charge in [-0.3, -0.25) is 0 Å². The van der Waals surface area contributed by atoms with Crippen LogP contribution in [0.1, 0.15) is 0 Å². The fourth-order valence-corrected chi connectivity index (χ4v) is 5.89. The molecule has 0 radical (unpaired) electrons. The number of hydrogen-bond acceptors (Lipinski definition) is 13. The molecule has 0 aliphatic carbocycles. The van der Waals surface area contributed by atoms with Crippen LogP contribution in [-0.2, 0) is 0 Å². The largest absolute Gasteiger partial charge is 0.204 e. The lowest BCUT2D eigenvalue weighted by molar-refractivity contribution is 0.721. The van der Waals surface area contributed by atoms with Gasteiger partial charge in [0.1, 0.15) is 0 Å². The van der Waals surface area contributed by atoms with Crippen LogP contribution in [0.2, 0.25) is 0 Å². The topological polar surface area (TPSA) is 77.3 Å². The van der Waals surface area contributed by atoms with E-state index in [1.54, 1.807) is 0 Å². The Balaban J connectivity index is 2.02. The van der Waals surface area contributed by atoms with Crippen molar-refractivity contribution in [1.82, 2.24) is 29.9 Å². The minimum Gasteiger partial charge on any atom is -0.196 e. The first-order valence-corrected chi connectivity index (χ1v) is 14.3. The summed E-state index contributed by atoms with van der Waals surface area (Å²) >= 11 is 6.04. The second kappa shape index (κ2) is 10.5. The molecule has 0 N–H and O–H groups in total. The van der Waals surface area contributed by atoms with Crippen molar-refractivity contribution in [2.45, 2.75) is 30.9 Å². The average Bonchev–Trinajstić information content (AvgIpc) is 2.60. The highest BCUT2D eigenvalue weighted by Gasteiger charge is 2.10. The van der Waals surface area contributed by atoms with Gasteiger partial charge in [-0.15, -0.1) is 0 Å². The molecular weight excluding hydrogens is 429 g/mol. The van der Waals surface area contributed by atoms with Gasteiger partial charge in [0.05, 0.1) is 0 Å². The van der Waals surface area contributed by atoms with Gasteiger partial charge in [0.2, 0.25) is 10.3 Å². The lowest BCUT2D eigenvalue weighted by atomic mass is 11.1. The van der Waals surface area contributed by atoms with Crippen molar-refractivity contribution in [3.8, 4) is 0 Å². The summed E-state index contributed by atoms with van der Waals surface area (Å²) in [5, 5.41) is 4.30.